The van der Waals surface area contributed by atoms with Gasteiger partial charge in [0.2, 0.25) is 0 Å². The van der Waals surface area contributed by atoms with Crippen molar-refractivity contribution in [1.29, 1.82) is 0 Å². The molecule has 0 aromatic heterocycles. The molecule has 0 heterocycles. The lowest BCUT2D eigenvalue weighted by molar-refractivity contribution is 0.590. The van der Waals surface area contributed by atoms with Gasteiger partial charge < -0.3 is 0 Å². The molecule has 3 heteroatoms. The Kier molecular flexibility index (Phi) is 6.61. The largest absolute Gasteiger partial charge is 0.282 e. The van der Waals surface area contributed by atoms with E-state index in [9.17, 15) is 0 Å². The van der Waals surface area contributed by atoms with Crippen molar-refractivity contribution in [2.45, 2.75) is 51.9 Å². The van der Waals surface area contributed by atoms with Crippen LogP contribution in [-0.4, -0.2) is 23.7 Å². The van der Waals surface area contributed by atoms with Crippen LogP contribution in [0.1, 0.15) is 54.2 Å². The average molecular weight is 491 g/mol. The van der Waals surface area contributed by atoms with Crippen LogP contribution in [0, 0.1) is 20.8 Å². The van der Waals surface area contributed by atoms with E-state index in [2.05, 4.69) is 114 Å². The van der Waals surface area contributed by atoms with E-state index >= 15 is 0 Å². The van der Waals surface area contributed by atoms with Crippen molar-refractivity contribution in [2.24, 2.45) is 9.98 Å². The van der Waals surface area contributed by atoms with E-state index in [1.165, 1.54) is 49.0 Å². The number of benzene rings is 4. The second-order valence-electron chi connectivity index (χ2n) is 10.8. The lowest BCUT2D eigenvalue weighted by Gasteiger charge is -2.19. The molecule has 0 N–H and O–H groups in total. The van der Waals surface area contributed by atoms with Gasteiger partial charge in [-0.05, 0) is 60.4 Å². The normalized spacial score (nSPS) is 15.4. The highest BCUT2D eigenvalue weighted by molar-refractivity contribution is 7.99. The van der Waals surface area contributed by atoms with E-state index in [1.807, 2.05) is 11.8 Å². The summed E-state index contributed by atoms with van der Waals surface area (Å²) >= 11 is 1.86. The first-order valence-electron chi connectivity index (χ1n) is 12.7. The molecule has 1 aliphatic rings. The molecule has 0 bridgehead atoms. The van der Waals surface area contributed by atoms with E-state index in [-0.39, 0.29) is 5.41 Å². The van der Waals surface area contributed by atoms with Gasteiger partial charge in [-0.25, -0.2) is 4.99 Å². The molecule has 2 nitrogen and oxygen atoms in total. The van der Waals surface area contributed by atoms with Gasteiger partial charge in [0, 0.05) is 33.7 Å². The van der Waals surface area contributed by atoms with E-state index in [4.69, 9.17) is 9.98 Å². The van der Waals surface area contributed by atoms with Crippen LogP contribution in [0.4, 0.5) is 5.69 Å². The van der Waals surface area contributed by atoms with Crippen LogP contribution in [0.5, 0.6) is 0 Å². The molecule has 0 radical (unpaired) electrons. The number of aliphatic imine (C=N–C) groups is 2. The molecule has 36 heavy (non-hydrogen) atoms. The van der Waals surface area contributed by atoms with Gasteiger partial charge in [0.05, 0.1) is 17.1 Å². The summed E-state index contributed by atoms with van der Waals surface area (Å²) in [6, 6.07) is 26.4. The third-order valence-electron chi connectivity index (χ3n) is 6.85. The fourth-order valence-corrected chi connectivity index (χ4v) is 5.84. The molecule has 1 aliphatic carbocycles. The molecule has 4 aromatic carbocycles. The van der Waals surface area contributed by atoms with E-state index in [1.54, 1.807) is 0 Å². The highest BCUT2D eigenvalue weighted by Gasteiger charge is 2.27. The predicted molar refractivity (Wildman–Crippen MR) is 158 cm³/mol. The summed E-state index contributed by atoms with van der Waals surface area (Å²) in [6.07, 6.45) is 0. The van der Waals surface area contributed by atoms with Crippen LogP contribution in [0.25, 0.3) is 10.8 Å². The first-order valence-corrected chi connectivity index (χ1v) is 13.7. The lowest BCUT2D eigenvalue weighted by Crippen LogP contribution is -2.12. The minimum absolute atomic E-state index is 0.178. The maximum atomic E-state index is 5.27. The monoisotopic (exact) mass is 490 g/mol. The zero-order valence-corrected chi connectivity index (χ0v) is 23.0. The molecular formula is C33H34N2S. The van der Waals surface area contributed by atoms with Crippen molar-refractivity contribution in [2.75, 3.05) is 12.3 Å². The Labute approximate surface area is 219 Å². The van der Waals surface area contributed by atoms with Crippen molar-refractivity contribution >= 4 is 39.6 Å². The lowest BCUT2D eigenvalue weighted by atomic mass is 9.87. The van der Waals surface area contributed by atoms with Crippen LogP contribution < -0.4 is 0 Å². The van der Waals surface area contributed by atoms with Crippen molar-refractivity contribution < 1.29 is 0 Å². The second kappa shape index (κ2) is 9.71. The minimum Gasteiger partial charge on any atom is -0.282 e. The van der Waals surface area contributed by atoms with Crippen LogP contribution >= 0.6 is 11.8 Å². The van der Waals surface area contributed by atoms with Crippen molar-refractivity contribution in [3.8, 4) is 0 Å². The highest BCUT2D eigenvalue weighted by Crippen LogP contribution is 2.35. The fraction of sp³-hybridized carbons (Fsp3) is 0.273. The topological polar surface area (TPSA) is 24.7 Å². The van der Waals surface area contributed by atoms with Gasteiger partial charge in [-0.15, -0.1) is 11.8 Å². The standard InChI is InChI=1S/C33H34N2S/c1-21-19-22(2)30(23(3)20-21)35-32-28-12-8-10-24-9-7-11-27(29(24)28)31(32)34-17-18-36-26-15-13-25(14-16-26)33(4,5)6/h7-16,19-20H,17-18H2,1-6H3/b34-31+,35-32+. The second-order valence-corrected chi connectivity index (χ2v) is 11.9. The summed E-state index contributed by atoms with van der Waals surface area (Å²) < 4.78 is 0. The van der Waals surface area contributed by atoms with Crippen LogP contribution in [-0.2, 0) is 5.41 Å². The molecule has 0 aliphatic heterocycles. The highest BCUT2D eigenvalue weighted by atomic mass is 32.2. The number of nitrogens with zero attached hydrogens (tertiary/aromatic N) is 2. The average Bonchev–Trinajstić information content (AvgIpc) is 3.13. The Bertz CT molecular complexity index is 1470. The summed E-state index contributed by atoms with van der Waals surface area (Å²) in [7, 11) is 0. The third-order valence-corrected chi connectivity index (χ3v) is 7.84. The molecule has 0 atom stereocenters. The van der Waals surface area contributed by atoms with Gasteiger partial charge in [-0.2, -0.15) is 0 Å². The summed E-state index contributed by atoms with van der Waals surface area (Å²) in [5.74, 6) is 0.931. The summed E-state index contributed by atoms with van der Waals surface area (Å²) in [5, 5.41) is 2.51. The maximum absolute atomic E-state index is 5.27. The first kappa shape index (κ1) is 24.5. The molecule has 0 saturated heterocycles. The third kappa shape index (κ3) is 4.77. The van der Waals surface area contributed by atoms with Gasteiger partial charge in [0.15, 0.2) is 0 Å². The summed E-state index contributed by atoms with van der Waals surface area (Å²) in [5.41, 5.74) is 10.7. The van der Waals surface area contributed by atoms with Gasteiger partial charge in [-0.3, -0.25) is 4.99 Å². The van der Waals surface area contributed by atoms with Gasteiger partial charge in [-0.1, -0.05) is 87.0 Å². The zero-order chi connectivity index (χ0) is 25.4. The first-order chi connectivity index (χ1) is 17.2. The molecule has 0 amide bonds. The SMILES string of the molecule is Cc1cc(C)c(/N=C2/C(=N/CCSc3ccc(C(C)(C)C)cc3)c3cccc4cccc2c34)c(C)c1. The number of thioether (sulfide) groups is 1. The predicted octanol–water partition coefficient (Wildman–Crippen LogP) is 8.78. The number of aryl methyl sites for hydroxylation is 3. The van der Waals surface area contributed by atoms with Crippen molar-refractivity contribution in [3.05, 3.63) is 106 Å². The Hall–Kier alpha value is -3.17. The van der Waals surface area contributed by atoms with E-state index in [0.29, 0.717) is 0 Å². The Morgan fingerprint density at radius 2 is 1.36 bits per heavy atom. The van der Waals surface area contributed by atoms with Crippen molar-refractivity contribution in [1.82, 2.24) is 0 Å². The minimum atomic E-state index is 0.178. The molecule has 0 fully saturated rings. The Morgan fingerprint density at radius 1 is 0.750 bits per heavy atom. The van der Waals surface area contributed by atoms with Gasteiger partial charge >= 0.3 is 0 Å². The molecule has 182 valence electrons. The zero-order valence-electron chi connectivity index (χ0n) is 22.1. The Balaban J connectivity index is 1.47. The number of hydrogen-bond acceptors (Lipinski definition) is 3. The smallest absolute Gasteiger partial charge is 0.0974 e. The molecule has 0 unspecified atom stereocenters. The Morgan fingerprint density at radius 3 is 1.97 bits per heavy atom. The summed E-state index contributed by atoms with van der Waals surface area (Å²) in [4.78, 5) is 11.7. The van der Waals surface area contributed by atoms with Gasteiger partial charge in [0.25, 0.3) is 0 Å². The number of rotatable bonds is 5. The molecule has 5 rings (SSSR count). The van der Waals surface area contributed by atoms with Gasteiger partial charge in [0.1, 0.15) is 0 Å². The van der Waals surface area contributed by atoms with E-state index < -0.39 is 0 Å². The molecule has 0 saturated carbocycles. The molecule has 4 aromatic rings. The summed E-state index contributed by atoms with van der Waals surface area (Å²) in [6.45, 7) is 14.0. The van der Waals surface area contributed by atoms with Crippen molar-refractivity contribution in [3.63, 3.8) is 0 Å². The quantitative estimate of drug-likeness (QED) is 0.203. The van der Waals surface area contributed by atoms with Crippen LogP contribution in [0.3, 0.4) is 0 Å². The van der Waals surface area contributed by atoms with E-state index in [0.717, 1.165) is 29.4 Å². The van der Waals surface area contributed by atoms with Crippen LogP contribution in [0.15, 0.2) is 87.7 Å². The fourth-order valence-electron chi connectivity index (χ4n) is 5.10. The maximum Gasteiger partial charge on any atom is 0.0974 e. The molecular weight excluding hydrogens is 456 g/mol. The van der Waals surface area contributed by atoms with Crippen LogP contribution in [0.2, 0.25) is 0 Å². The number of hydrogen-bond donors (Lipinski definition) is 0. The molecule has 0 spiro atoms.